The second-order valence-electron chi connectivity index (χ2n) is 5.59. The van der Waals surface area contributed by atoms with Gasteiger partial charge in [-0.05, 0) is 29.4 Å². The van der Waals surface area contributed by atoms with Crippen molar-refractivity contribution in [2.45, 2.75) is 33.1 Å². The van der Waals surface area contributed by atoms with Gasteiger partial charge in [-0.2, -0.15) is 0 Å². The molecule has 0 aromatic heterocycles. The molecule has 2 aromatic carbocycles. The molecule has 1 atom stereocenters. The molecule has 0 saturated heterocycles. The van der Waals surface area contributed by atoms with Crippen molar-refractivity contribution in [2.75, 3.05) is 0 Å². The first-order valence-corrected chi connectivity index (χ1v) is 7.08. The largest absolute Gasteiger partial charge is 0.0622 e. The average molecular weight is 251 g/mol. The van der Waals surface area contributed by atoms with Crippen molar-refractivity contribution in [3.8, 4) is 0 Å². The zero-order chi connectivity index (χ0) is 13.7. The highest BCUT2D eigenvalue weighted by atomic mass is 14.2. The maximum atomic E-state index is 2.33. The minimum absolute atomic E-state index is 0.493. The third-order valence-corrected chi connectivity index (χ3v) is 3.98. The van der Waals surface area contributed by atoms with E-state index in [2.05, 4.69) is 81.4 Å². The lowest BCUT2D eigenvalue weighted by atomic mass is 9.81. The van der Waals surface area contributed by atoms with E-state index < -0.39 is 0 Å². The summed E-state index contributed by atoms with van der Waals surface area (Å²) in [7, 11) is 0. The molecule has 1 unspecified atom stereocenters. The summed E-state index contributed by atoms with van der Waals surface area (Å²) >= 11 is 0. The van der Waals surface area contributed by atoms with Crippen molar-refractivity contribution in [3.05, 3.63) is 77.7 Å². The molecule has 0 heterocycles. The second-order valence-corrected chi connectivity index (χ2v) is 5.59. The predicted molar refractivity (Wildman–Crippen MR) is 83.1 cm³/mol. The van der Waals surface area contributed by atoms with Gasteiger partial charge in [-0.15, -0.1) is 0 Å². The van der Waals surface area contributed by atoms with Gasteiger partial charge in [-0.1, -0.05) is 81.4 Å². The van der Waals surface area contributed by atoms with Crippen LogP contribution in [0.4, 0.5) is 0 Å². The van der Waals surface area contributed by atoms with Gasteiger partial charge in [-0.3, -0.25) is 0 Å². The molecule has 0 spiro atoms. The first-order chi connectivity index (χ1) is 9.18. The van der Waals surface area contributed by atoms with Gasteiger partial charge in [0.2, 0.25) is 0 Å². The molecule has 0 aliphatic rings. The summed E-state index contributed by atoms with van der Waals surface area (Å²) < 4.78 is 0. The van der Waals surface area contributed by atoms with Gasteiger partial charge in [0.05, 0.1) is 0 Å². The highest BCUT2D eigenvalue weighted by Crippen LogP contribution is 2.33. The lowest BCUT2D eigenvalue weighted by Crippen LogP contribution is -2.10. The normalized spacial score (nSPS) is 12.9. The van der Waals surface area contributed by atoms with Crippen LogP contribution in [0.15, 0.2) is 60.7 Å². The Morgan fingerprint density at radius 2 is 1.21 bits per heavy atom. The zero-order valence-electron chi connectivity index (χ0n) is 12.1. The van der Waals surface area contributed by atoms with E-state index in [0.29, 0.717) is 11.8 Å². The molecular formula is C19H23. The van der Waals surface area contributed by atoms with Gasteiger partial charge in [-0.25, -0.2) is 0 Å². The fraction of sp³-hybridized carbons (Fsp3) is 0.316. The fourth-order valence-electron chi connectivity index (χ4n) is 2.42. The molecule has 99 valence electrons. The van der Waals surface area contributed by atoms with Gasteiger partial charge in [0.25, 0.3) is 0 Å². The van der Waals surface area contributed by atoms with Gasteiger partial charge >= 0.3 is 0 Å². The van der Waals surface area contributed by atoms with Crippen molar-refractivity contribution in [1.82, 2.24) is 0 Å². The molecule has 0 aliphatic carbocycles. The van der Waals surface area contributed by atoms with Gasteiger partial charge in [0.1, 0.15) is 0 Å². The maximum Gasteiger partial charge on any atom is 0.00920 e. The number of benzene rings is 2. The van der Waals surface area contributed by atoms with Crippen molar-refractivity contribution >= 4 is 0 Å². The SMILES string of the molecule is C[C](C)C(C)CC(c1ccccc1)c1ccccc1. The van der Waals surface area contributed by atoms with Crippen LogP contribution in [0.5, 0.6) is 0 Å². The van der Waals surface area contributed by atoms with E-state index in [1.807, 2.05) is 0 Å². The van der Waals surface area contributed by atoms with E-state index in [4.69, 9.17) is 0 Å². The third kappa shape index (κ3) is 3.70. The molecule has 0 aliphatic heterocycles. The maximum absolute atomic E-state index is 2.33. The Morgan fingerprint density at radius 3 is 1.58 bits per heavy atom. The zero-order valence-corrected chi connectivity index (χ0v) is 12.1. The Labute approximate surface area is 117 Å². The molecule has 0 saturated carbocycles. The van der Waals surface area contributed by atoms with Crippen molar-refractivity contribution < 1.29 is 0 Å². The van der Waals surface area contributed by atoms with Crippen LogP contribution in [0.1, 0.15) is 44.2 Å². The van der Waals surface area contributed by atoms with Gasteiger partial charge < -0.3 is 0 Å². The van der Waals surface area contributed by atoms with Crippen LogP contribution < -0.4 is 0 Å². The second kappa shape index (κ2) is 6.56. The molecule has 0 fully saturated rings. The minimum atomic E-state index is 0.493. The van der Waals surface area contributed by atoms with E-state index in [0.717, 1.165) is 0 Å². The Balaban J connectivity index is 2.29. The first-order valence-electron chi connectivity index (χ1n) is 7.08. The smallest absolute Gasteiger partial charge is 0.00920 e. The molecule has 0 bridgehead atoms. The lowest BCUT2D eigenvalue weighted by Gasteiger charge is -2.24. The van der Waals surface area contributed by atoms with Gasteiger partial charge in [0, 0.05) is 5.92 Å². The molecule has 2 rings (SSSR count). The lowest BCUT2D eigenvalue weighted by molar-refractivity contribution is 0.515. The third-order valence-electron chi connectivity index (χ3n) is 3.98. The van der Waals surface area contributed by atoms with E-state index in [-0.39, 0.29) is 0 Å². The van der Waals surface area contributed by atoms with Crippen molar-refractivity contribution in [3.63, 3.8) is 0 Å². The van der Waals surface area contributed by atoms with Gasteiger partial charge in [0.15, 0.2) is 0 Å². The predicted octanol–water partition coefficient (Wildman–Crippen LogP) is 5.46. The summed E-state index contributed by atoms with van der Waals surface area (Å²) in [5.74, 6) is 2.65. The molecule has 0 amide bonds. The topological polar surface area (TPSA) is 0 Å². The van der Waals surface area contributed by atoms with E-state index in [1.54, 1.807) is 0 Å². The summed E-state index contributed by atoms with van der Waals surface area (Å²) in [4.78, 5) is 0. The Bertz CT molecular complexity index is 430. The fourth-order valence-corrected chi connectivity index (χ4v) is 2.42. The van der Waals surface area contributed by atoms with Crippen LogP contribution >= 0.6 is 0 Å². The van der Waals surface area contributed by atoms with E-state index >= 15 is 0 Å². The van der Waals surface area contributed by atoms with E-state index in [1.165, 1.54) is 23.5 Å². The molecule has 2 aromatic rings. The standard InChI is InChI=1S/C19H23/c1-15(2)16(3)14-19(17-10-6-4-7-11-17)18-12-8-5-9-13-18/h4-13,16,19H,14H2,1-3H3. The van der Waals surface area contributed by atoms with Crippen molar-refractivity contribution in [1.29, 1.82) is 0 Å². The Hall–Kier alpha value is -1.56. The summed E-state index contributed by atoms with van der Waals surface area (Å²) in [6.45, 7) is 6.80. The number of hydrogen-bond acceptors (Lipinski definition) is 0. The summed E-state index contributed by atoms with van der Waals surface area (Å²) in [6, 6.07) is 21.7. The Kier molecular flexibility index (Phi) is 4.79. The van der Waals surface area contributed by atoms with Crippen LogP contribution in [0.25, 0.3) is 0 Å². The molecule has 1 radical (unpaired) electrons. The summed E-state index contributed by atoms with van der Waals surface area (Å²) in [5, 5.41) is 0. The van der Waals surface area contributed by atoms with Crippen LogP contribution in [0.3, 0.4) is 0 Å². The average Bonchev–Trinajstić information content (AvgIpc) is 2.46. The van der Waals surface area contributed by atoms with E-state index in [9.17, 15) is 0 Å². The van der Waals surface area contributed by atoms with Crippen LogP contribution in [-0.2, 0) is 0 Å². The van der Waals surface area contributed by atoms with Crippen LogP contribution in [0, 0.1) is 11.8 Å². The molecular weight excluding hydrogens is 228 g/mol. The molecule has 19 heavy (non-hydrogen) atoms. The first kappa shape index (κ1) is 13.9. The summed E-state index contributed by atoms with van der Waals surface area (Å²) in [5.41, 5.74) is 2.84. The minimum Gasteiger partial charge on any atom is -0.0622 e. The van der Waals surface area contributed by atoms with Crippen molar-refractivity contribution in [2.24, 2.45) is 5.92 Å². The molecule has 0 N–H and O–H groups in total. The number of rotatable bonds is 5. The molecule has 0 heteroatoms. The Morgan fingerprint density at radius 1 is 0.789 bits per heavy atom. The summed E-state index contributed by atoms with van der Waals surface area (Å²) in [6.07, 6.45) is 1.18. The molecule has 0 nitrogen and oxygen atoms in total. The van der Waals surface area contributed by atoms with Crippen LogP contribution in [0.2, 0.25) is 0 Å². The monoisotopic (exact) mass is 251 g/mol. The highest BCUT2D eigenvalue weighted by molar-refractivity contribution is 5.32. The number of hydrogen-bond donors (Lipinski definition) is 0. The quantitative estimate of drug-likeness (QED) is 0.662. The van der Waals surface area contributed by atoms with Crippen LogP contribution in [-0.4, -0.2) is 0 Å². The highest BCUT2D eigenvalue weighted by Gasteiger charge is 2.19.